The number of nitrogens with zero attached hydrogens (tertiary/aromatic N) is 2. The van der Waals surface area contributed by atoms with Gasteiger partial charge < -0.3 is 0 Å². The lowest BCUT2D eigenvalue weighted by atomic mass is 9.89. The Kier molecular flexibility index (Phi) is 4.70. The Morgan fingerprint density at radius 2 is 2.06 bits per heavy atom. The Morgan fingerprint density at radius 1 is 1.41 bits per heavy atom. The molecule has 4 heteroatoms. The van der Waals surface area contributed by atoms with E-state index in [0.717, 1.165) is 29.3 Å². The van der Waals surface area contributed by atoms with Crippen LogP contribution >= 0.6 is 31.9 Å². The third kappa shape index (κ3) is 2.95. The summed E-state index contributed by atoms with van der Waals surface area (Å²) in [6.07, 6.45) is 6.78. The van der Waals surface area contributed by atoms with Crippen LogP contribution in [0.1, 0.15) is 37.1 Å². The molecule has 1 fully saturated rings. The third-order valence-electron chi connectivity index (χ3n) is 3.98. The molecule has 2 rings (SSSR count). The first-order chi connectivity index (χ1) is 8.13. The largest absolute Gasteiger partial charge is 0.271 e. The first-order valence-corrected chi connectivity index (χ1v) is 8.29. The molecule has 0 amide bonds. The van der Waals surface area contributed by atoms with Crippen LogP contribution in [-0.2, 0) is 13.5 Å². The monoisotopic (exact) mass is 362 g/mol. The Bertz CT molecular complexity index is 381. The van der Waals surface area contributed by atoms with Crippen molar-refractivity contribution < 1.29 is 0 Å². The minimum absolute atomic E-state index is 0.753. The fourth-order valence-corrected chi connectivity index (χ4v) is 4.18. The molecule has 1 atom stereocenters. The van der Waals surface area contributed by atoms with Crippen LogP contribution in [0.25, 0.3) is 0 Å². The number of rotatable bonds is 4. The summed E-state index contributed by atoms with van der Waals surface area (Å²) in [7, 11) is 2.05. The van der Waals surface area contributed by atoms with Crippen LogP contribution in [0.2, 0.25) is 0 Å². The van der Waals surface area contributed by atoms with E-state index in [4.69, 9.17) is 0 Å². The first-order valence-electron chi connectivity index (χ1n) is 6.37. The summed E-state index contributed by atoms with van der Waals surface area (Å²) < 4.78 is 3.23. The van der Waals surface area contributed by atoms with Crippen molar-refractivity contribution in [3.05, 3.63) is 15.9 Å². The van der Waals surface area contributed by atoms with Gasteiger partial charge in [0.15, 0.2) is 0 Å². The summed E-state index contributed by atoms with van der Waals surface area (Å²) in [5.41, 5.74) is 2.45. The van der Waals surface area contributed by atoms with E-state index >= 15 is 0 Å². The Hall–Kier alpha value is 0.170. The molecule has 0 bridgehead atoms. The minimum atomic E-state index is 0.753. The summed E-state index contributed by atoms with van der Waals surface area (Å²) in [6.45, 7) is 2.06. The number of hydrogen-bond donors (Lipinski definition) is 0. The molecule has 96 valence electrons. The lowest BCUT2D eigenvalue weighted by Gasteiger charge is -2.21. The molecule has 0 spiro atoms. The lowest BCUT2D eigenvalue weighted by Crippen LogP contribution is -2.18. The van der Waals surface area contributed by atoms with Gasteiger partial charge in [0.1, 0.15) is 0 Å². The van der Waals surface area contributed by atoms with Gasteiger partial charge in [0, 0.05) is 12.4 Å². The average molecular weight is 364 g/mol. The van der Waals surface area contributed by atoms with Crippen molar-refractivity contribution in [2.75, 3.05) is 5.33 Å². The molecule has 1 unspecified atom stereocenters. The van der Waals surface area contributed by atoms with E-state index in [1.165, 1.54) is 35.8 Å². The molecular weight excluding hydrogens is 344 g/mol. The van der Waals surface area contributed by atoms with Crippen LogP contribution in [0.3, 0.4) is 0 Å². The molecule has 1 aliphatic rings. The Morgan fingerprint density at radius 3 is 2.53 bits per heavy atom. The normalized spacial score (nSPS) is 18.8. The van der Waals surface area contributed by atoms with Crippen LogP contribution in [-0.4, -0.2) is 15.1 Å². The summed E-state index contributed by atoms with van der Waals surface area (Å²) in [6, 6.07) is 0. The van der Waals surface area contributed by atoms with Crippen molar-refractivity contribution in [2.45, 2.75) is 39.0 Å². The van der Waals surface area contributed by atoms with Gasteiger partial charge in [0.25, 0.3) is 0 Å². The van der Waals surface area contributed by atoms with E-state index in [0.29, 0.717) is 0 Å². The highest BCUT2D eigenvalue weighted by molar-refractivity contribution is 9.10. The van der Waals surface area contributed by atoms with Crippen molar-refractivity contribution in [1.82, 2.24) is 9.78 Å². The molecule has 0 radical (unpaired) electrons. The van der Waals surface area contributed by atoms with E-state index in [1.54, 1.807) is 0 Å². The molecular formula is C13H20Br2N2. The van der Waals surface area contributed by atoms with E-state index in [2.05, 4.69) is 43.9 Å². The van der Waals surface area contributed by atoms with Crippen LogP contribution in [0.15, 0.2) is 4.47 Å². The fourth-order valence-electron chi connectivity index (χ4n) is 2.93. The van der Waals surface area contributed by atoms with E-state index < -0.39 is 0 Å². The molecule has 0 N–H and O–H groups in total. The standard InChI is InChI=1S/C13H20Br2N2/c1-9-13(15)12(17(2)16-9)7-11(8-14)10-5-3-4-6-10/h10-11H,3-8H2,1-2H3. The lowest BCUT2D eigenvalue weighted by molar-refractivity contribution is 0.365. The first kappa shape index (κ1) is 13.6. The quantitative estimate of drug-likeness (QED) is 0.731. The Labute approximate surface area is 120 Å². The van der Waals surface area contributed by atoms with Crippen molar-refractivity contribution in [1.29, 1.82) is 0 Å². The van der Waals surface area contributed by atoms with Gasteiger partial charge in [-0.2, -0.15) is 5.10 Å². The predicted molar refractivity (Wildman–Crippen MR) is 78.6 cm³/mol. The van der Waals surface area contributed by atoms with Crippen LogP contribution in [0.5, 0.6) is 0 Å². The second-order valence-electron chi connectivity index (χ2n) is 5.13. The molecule has 1 heterocycles. The zero-order valence-corrected chi connectivity index (χ0v) is 13.7. The third-order valence-corrected chi connectivity index (χ3v) is 5.85. The fraction of sp³-hybridized carbons (Fsp3) is 0.769. The number of alkyl halides is 1. The maximum atomic E-state index is 4.48. The van der Waals surface area contributed by atoms with Crippen LogP contribution < -0.4 is 0 Å². The van der Waals surface area contributed by atoms with E-state index in [9.17, 15) is 0 Å². The smallest absolute Gasteiger partial charge is 0.0738 e. The zero-order chi connectivity index (χ0) is 12.4. The van der Waals surface area contributed by atoms with Crippen molar-refractivity contribution in [3.8, 4) is 0 Å². The molecule has 1 aromatic rings. The summed E-state index contributed by atoms with van der Waals surface area (Å²) in [4.78, 5) is 0. The molecule has 17 heavy (non-hydrogen) atoms. The number of halogens is 2. The van der Waals surface area contributed by atoms with Gasteiger partial charge in [-0.3, -0.25) is 4.68 Å². The SMILES string of the molecule is Cc1nn(C)c(CC(CBr)C2CCCC2)c1Br. The van der Waals surface area contributed by atoms with Gasteiger partial charge in [0.05, 0.1) is 15.9 Å². The zero-order valence-electron chi connectivity index (χ0n) is 10.5. The molecule has 0 aliphatic heterocycles. The highest BCUT2D eigenvalue weighted by Gasteiger charge is 2.26. The van der Waals surface area contributed by atoms with Crippen molar-refractivity contribution >= 4 is 31.9 Å². The van der Waals surface area contributed by atoms with Gasteiger partial charge in [-0.05, 0) is 41.1 Å². The van der Waals surface area contributed by atoms with Crippen LogP contribution in [0, 0.1) is 18.8 Å². The van der Waals surface area contributed by atoms with Crippen molar-refractivity contribution in [3.63, 3.8) is 0 Å². The maximum absolute atomic E-state index is 4.48. The van der Waals surface area contributed by atoms with E-state index in [1.807, 2.05) is 11.7 Å². The highest BCUT2D eigenvalue weighted by Crippen LogP contribution is 2.35. The second-order valence-corrected chi connectivity index (χ2v) is 6.57. The Balaban J connectivity index is 2.12. The average Bonchev–Trinajstić information content (AvgIpc) is 2.89. The second kappa shape index (κ2) is 5.87. The summed E-state index contributed by atoms with van der Waals surface area (Å²) in [5, 5.41) is 5.58. The molecule has 0 aromatic carbocycles. The van der Waals surface area contributed by atoms with Gasteiger partial charge >= 0.3 is 0 Å². The number of aryl methyl sites for hydroxylation is 2. The van der Waals surface area contributed by atoms with Gasteiger partial charge in [-0.25, -0.2) is 0 Å². The summed E-state index contributed by atoms with van der Waals surface area (Å²) >= 11 is 7.36. The maximum Gasteiger partial charge on any atom is 0.0738 e. The molecule has 1 saturated carbocycles. The topological polar surface area (TPSA) is 17.8 Å². The van der Waals surface area contributed by atoms with Crippen LogP contribution in [0.4, 0.5) is 0 Å². The van der Waals surface area contributed by atoms with Gasteiger partial charge in [-0.1, -0.05) is 41.6 Å². The number of aromatic nitrogens is 2. The number of hydrogen-bond acceptors (Lipinski definition) is 1. The molecule has 1 aromatic heterocycles. The molecule has 1 aliphatic carbocycles. The summed E-state index contributed by atoms with van der Waals surface area (Å²) in [5.74, 6) is 1.65. The van der Waals surface area contributed by atoms with E-state index in [-0.39, 0.29) is 0 Å². The van der Waals surface area contributed by atoms with Gasteiger partial charge in [-0.15, -0.1) is 0 Å². The predicted octanol–water partition coefficient (Wildman–Crippen LogP) is 4.23. The van der Waals surface area contributed by atoms with Crippen molar-refractivity contribution in [2.24, 2.45) is 18.9 Å². The molecule has 0 saturated heterocycles. The molecule has 2 nitrogen and oxygen atoms in total. The minimum Gasteiger partial charge on any atom is -0.271 e. The highest BCUT2D eigenvalue weighted by atomic mass is 79.9. The van der Waals surface area contributed by atoms with Gasteiger partial charge in [0.2, 0.25) is 0 Å².